The van der Waals surface area contributed by atoms with Gasteiger partial charge in [-0.25, -0.2) is 0 Å². The highest BCUT2D eigenvalue weighted by Gasteiger charge is 2.18. The van der Waals surface area contributed by atoms with Gasteiger partial charge in [0.25, 0.3) is 0 Å². The summed E-state index contributed by atoms with van der Waals surface area (Å²) in [5.41, 5.74) is 5.54. The minimum Gasteiger partial charge on any atom is -0.460 e. The molecule has 1 fully saturated rings. The topological polar surface area (TPSA) is 55.6 Å². The standard InChI is InChI=1S/C13H26N2O2/c1-13(2,3)17-12(16)7-5-9-15-8-4-6-11(14)10-15/h11H,4-10,14H2,1-3H3/t11-/m0/s1. The van der Waals surface area contributed by atoms with Crippen LogP contribution in [0.2, 0.25) is 0 Å². The summed E-state index contributed by atoms with van der Waals surface area (Å²) < 4.78 is 5.27. The second-order valence-electron chi connectivity index (χ2n) is 5.89. The zero-order valence-electron chi connectivity index (χ0n) is 11.4. The molecule has 0 aromatic rings. The molecular formula is C13H26N2O2. The van der Waals surface area contributed by atoms with Crippen molar-refractivity contribution in [1.29, 1.82) is 0 Å². The number of hydrogen-bond acceptors (Lipinski definition) is 4. The van der Waals surface area contributed by atoms with Gasteiger partial charge >= 0.3 is 5.97 Å². The van der Waals surface area contributed by atoms with Crippen molar-refractivity contribution in [2.75, 3.05) is 19.6 Å². The van der Waals surface area contributed by atoms with Gasteiger partial charge in [0.1, 0.15) is 5.60 Å². The van der Waals surface area contributed by atoms with Crippen molar-refractivity contribution in [3.8, 4) is 0 Å². The van der Waals surface area contributed by atoms with E-state index in [1.807, 2.05) is 20.8 Å². The average Bonchev–Trinajstić information content (AvgIpc) is 2.14. The summed E-state index contributed by atoms with van der Waals surface area (Å²) in [5.74, 6) is -0.0983. The summed E-state index contributed by atoms with van der Waals surface area (Å²) in [6.07, 6.45) is 3.67. The molecule has 4 nitrogen and oxygen atoms in total. The molecule has 1 aliphatic heterocycles. The van der Waals surface area contributed by atoms with Gasteiger partial charge in [0.05, 0.1) is 0 Å². The van der Waals surface area contributed by atoms with E-state index in [1.54, 1.807) is 0 Å². The Morgan fingerprint density at radius 3 is 2.76 bits per heavy atom. The monoisotopic (exact) mass is 242 g/mol. The van der Waals surface area contributed by atoms with Crippen LogP contribution in [0.4, 0.5) is 0 Å². The molecule has 17 heavy (non-hydrogen) atoms. The second-order valence-corrected chi connectivity index (χ2v) is 5.89. The van der Waals surface area contributed by atoms with Crippen molar-refractivity contribution in [1.82, 2.24) is 4.90 Å². The molecule has 1 rings (SSSR count). The molecule has 0 aliphatic carbocycles. The first-order chi connectivity index (χ1) is 7.87. The highest BCUT2D eigenvalue weighted by atomic mass is 16.6. The smallest absolute Gasteiger partial charge is 0.306 e. The Labute approximate surface area is 104 Å². The summed E-state index contributed by atoms with van der Waals surface area (Å²) in [6, 6.07) is 0.310. The number of nitrogens with zero attached hydrogens (tertiary/aromatic N) is 1. The molecule has 1 aliphatic rings. The van der Waals surface area contributed by atoms with Crippen LogP contribution in [0.15, 0.2) is 0 Å². The van der Waals surface area contributed by atoms with Crippen LogP contribution >= 0.6 is 0 Å². The lowest BCUT2D eigenvalue weighted by atomic mass is 10.1. The summed E-state index contributed by atoms with van der Waals surface area (Å²) in [6.45, 7) is 8.72. The Morgan fingerprint density at radius 1 is 1.47 bits per heavy atom. The largest absolute Gasteiger partial charge is 0.460 e. The van der Waals surface area contributed by atoms with Crippen LogP contribution in [0.1, 0.15) is 46.5 Å². The minimum atomic E-state index is -0.370. The van der Waals surface area contributed by atoms with Gasteiger partial charge in [-0.1, -0.05) is 0 Å². The Hall–Kier alpha value is -0.610. The van der Waals surface area contributed by atoms with Gasteiger partial charge < -0.3 is 15.4 Å². The predicted molar refractivity (Wildman–Crippen MR) is 68.7 cm³/mol. The van der Waals surface area contributed by atoms with E-state index in [0.717, 1.165) is 32.5 Å². The molecule has 4 heteroatoms. The lowest BCUT2D eigenvalue weighted by molar-refractivity contribution is -0.155. The number of nitrogens with two attached hydrogens (primary N) is 1. The van der Waals surface area contributed by atoms with Crippen LogP contribution < -0.4 is 5.73 Å². The first-order valence-corrected chi connectivity index (χ1v) is 6.56. The molecule has 0 unspecified atom stereocenters. The third-order valence-corrected chi connectivity index (χ3v) is 2.82. The zero-order valence-corrected chi connectivity index (χ0v) is 11.4. The van der Waals surface area contributed by atoms with E-state index in [0.29, 0.717) is 12.5 Å². The predicted octanol–water partition coefficient (Wildman–Crippen LogP) is 1.53. The van der Waals surface area contributed by atoms with Gasteiger partial charge in [0.2, 0.25) is 0 Å². The molecule has 0 spiro atoms. The highest BCUT2D eigenvalue weighted by molar-refractivity contribution is 5.69. The fourth-order valence-electron chi connectivity index (χ4n) is 2.13. The number of piperidine rings is 1. The van der Waals surface area contributed by atoms with Crippen LogP contribution in [0.5, 0.6) is 0 Å². The minimum absolute atomic E-state index is 0.0983. The van der Waals surface area contributed by atoms with E-state index in [-0.39, 0.29) is 11.6 Å². The molecule has 2 N–H and O–H groups in total. The summed E-state index contributed by atoms with van der Waals surface area (Å²) in [5, 5.41) is 0. The lowest BCUT2D eigenvalue weighted by Crippen LogP contribution is -2.43. The van der Waals surface area contributed by atoms with Gasteiger partial charge in [-0.2, -0.15) is 0 Å². The number of carbonyl (C=O) groups is 1. The highest BCUT2D eigenvalue weighted by Crippen LogP contribution is 2.11. The van der Waals surface area contributed by atoms with Crippen LogP contribution in [0, 0.1) is 0 Å². The molecule has 0 radical (unpaired) electrons. The Kier molecular flexibility index (Phi) is 5.40. The number of esters is 1. The van der Waals surface area contributed by atoms with E-state index < -0.39 is 0 Å². The lowest BCUT2D eigenvalue weighted by Gasteiger charge is -2.30. The molecule has 0 saturated carbocycles. The maximum Gasteiger partial charge on any atom is 0.306 e. The molecule has 1 atom stereocenters. The first kappa shape index (κ1) is 14.5. The summed E-state index contributed by atoms with van der Waals surface area (Å²) in [7, 11) is 0. The SMILES string of the molecule is CC(C)(C)OC(=O)CCCN1CCC[C@H](N)C1. The van der Waals surface area contributed by atoms with Crippen molar-refractivity contribution < 1.29 is 9.53 Å². The Morgan fingerprint density at radius 2 is 2.18 bits per heavy atom. The van der Waals surface area contributed by atoms with Crippen LogP contribution in [-0.2, 0) is 9.53 Å². The number of hydrogen-bond donors (Lipinski definition) is 1. The second kappa shape index (κ2) is 6.36. The fourth-order valence-corrected chi connectivity index (χ4v) is 2.13. The van der Waals surface area contributed by atoms with Crippen molar-refractivity contribution in [3.63, 3.8) is 0 Å². The molecule has 1 heterocycles. The third kappa shape index (κ3) is 6.64. The first-order valence-electron chi connectivity index (χ1n) is 6.56. The quantitative estimate of drug-likeness (QED) is 0.760. The van der Waals surface area contributed by atoms with Crippen molar-refractivity contribution in [3.05, 3.63) is 0 Å². The van der Waals surface area contributed by atoms with E-state index in [9.17, 15) is 4.79 Å². The number of ether oxygens (including phenoxy) is 1. The van der Waals surface area contributed by atoms with Crippen LogP contribution in [0.3, 0.4) is 0 Å². The van der Waals surface area contributed by atoms with Crippen molar-refractivity contribution in [2.45, 2.75) is 58.1 Å². The van der Waals surface area contributed by atoms with Gasteiger partial charge in [-0.3, -0.25) is 4.79 Å². The van der Waals surface area contributed by atoms with E-state index in [4.69, 9.17) is 10.5 Å². The van der Waals surface area contributed by atoms with E-state index >= 15 is 0 Å². The van der Waals surface area contributed by atoms with Crippen LogP contribution in [0.25, 0.3) is 0 Å². The van der Waals surface area contributed by atoms with E-state index in [1.165, 1.54) is 6.42 Å². The van der Waals surface area contributed by atoms with Crippen LogP contribution in [-0.4, -0.2) is 42.1 Å². The average molecular weight is 242 g/mol. The van der Waals surface area contributed by atoms with Gasteiger partial charge in [0, 0.05) is 19.0 Å². The molecular weight excluding hydrogens is 216 g/mol. The molecule has 0 bridgehead atoms. The molecule has 0 aromatic carbocycles. The normalized spacial score (nSPS) is 22.5. The van der Waals surface area contributed by atoms with Gasteiger partial charge in [-0.05, 0) is 53.1 Å². The number of likely N-dealkylation sites (tertiary alicyclic amines) is 1. The maximum atomic E-state index is 11.5. The third-order valence-electron chi connectivity index (χ3n) is 2.82. The molecule has 0 amide bonds. The molecule has 0 aromatic heterocycles. The molecule has 1 saturated heterocycles. The maximum absolute atomic E-state index is 11.5. The van der Waals surface area contributed by atoms with Crippen molar-refractivity contribution >= 4 is 5.97 Å². The zero-order chi connectivity index (χ0) is 12.9. The Balaban J connectivity index is 2.13. The van der Waals surface area contributed by atoms with Crippen molar-refractivity contribution in [2.24, 2.45) is 5.73 Å². The number of rotatable bonds is 4. The molecule has 100 valence electrons. The van der Waals surface area contributed by atoms with E-state index in [2.05, 4.69) is 4.90 Å². The van der Waals surface area contributed by atoms with Gasteiger partial charge in [-0.15, -0.1) is 0 Å². The van der Waals surface area contributed by atoms with Gasteiger partial charge in [0.15, 0.2) is 0 Å². The number of carbonyl (C=O) groups excluding carboxylic acids is 1. The summed E-state index contributed by atoms with van der Waals surface area (Å²) in [4.78, 5) is 13.8. The summed E-state index contributed by atoms with van der Waals surface area (Å²) >= 11 is 0. The fraction of sp³-hybridized carbons (Fsp3) is 0.923. The Bertz CT molecular complexity index is 248.